The fourth-order valence-corrected chi connectivity index (χ4v) is 3.97. The minimum absolute atomic E-state index is 0.0253. The third-order valence-electron chi connectivity index (χ3n) is 3.17. The average Bonchev–Trinajstić information content (AvgIpc) is 2.85. The first-order chi connectivity index (χ1) is 9.85. The van der Waals surface area contributed by atoms with Crippen LogP contribution in [0.25, 0.3) is 0 Å². The van der Waals surface area contributed by atoms with Gasteiger partial charge in [0.2, 0.25) is 10.0 Å². The lowest BCUT2D eigenvalue weighted by Crippen LogP contribution is -2.23. The normalized spacial score (nSPS) is 11.8. The molecule has 0 spiro atoms. The van der Waals surface area contributed by atoms with Crippen LogP contribution in [0.2, 0.25) is 0 Å². The summed E-state index contributed by atoms with van der Waals surface area (Å²) in [5, 5.41) is 11.0. The lowest BCUT2D eigenvalue weighted by atomic mass is 10.1. The SMILES string of the molecule is Cc1ccsc1CNS(=O)(=O)c1cc(C)c(F)c(CO)c1. The molecule has 7 heteroatoms. The van der Waals surface area contributed by atoms with Gasteiger partial charge in [0, 0.05) is 17.0 Å². The van der Waals surface area contributed by atoms with E-state index < -0.39 is 22.4 Å². The molecule has 0 saturated carbocycles. The summed E-state index contributed by atoms with van der Waals surface area (Å²) in [5.41, 5.74) is 1.19. The van der Waals surface area contributed by atoms with Crippen LogP contribution in [0.15, 0.2) is 28.5 Å². The zero-order valence-corrected chi connectivity index (χ0v) is 13.3. The predicted octanol–water partition coefficient (Wildman–Crippen LogP) is 2.47. The number of aryl methyl sites for hydroxylation is 2. The topological polar surface area (TPSA) is 66.4 Å². The second kappa shape index (κ2) is 6.23. The van der Waals surface area contributed by atoms with Crippen LogP contribution < -0.4 is 4.72 Å². The molecule has 1 aromatic heterocycles. The number of hydrogen-bond donors (Lipinski definition) is 2. The Balaban J connectivity index is 2.27. The molecule has 4 nitrogen and oxygen atoms in total. The summed E-state index contributed by atoms with van der Waals surface area (Å²) >= 11 is 1.47. The van der Waals surface area contributed by atoms with E-state index in [1.54, 1.807) is 0 Å². The summed E-state index contributed by atoms with van der Waals surface area (Å²) in [6.45, 7) is 3.03. The van der Waals surface area contributed by atoms with Crippen molar-refractivity contribution in [3.63, 3.8) is 0 Å². The van der Waals surface area contributed by atoms with Gasteiger partial charge in [-0.2, -0.15) is 0 Å². The van der Waals surface area contributed by atoms with Gasteiger partial charge in [-0.05, 0) is 48.6 Å². The van der Waals surface area contributed by atoms with Crippen molar-refractivity contribution in [1.29, 1.82) is 0 Å². The van der Waals surface area contributed by atoms with Crippen molar-refractivity contribution in [2.45, 2.75) is 31.9 Å². The van der Waals surface area contributed by atoms with Crippen LogP contribution in [0.1, 0.15) is 21.6 Å². The number of aliphatic hydroxyl groups excluding tert-OH is 1. The van der Waals surface area contributed by atoms with Crippen LogP contribution in [0.3, 0.4) is 0 Å². The molecule has 0 unspecified atom stereocenters. The van der Waals surface area contributed by atoms with E-state index in [1.165, 1.54) is 24.3 Å². The summed E-state index contributed by atoms with van der Waals surface area (Å²) in [7, 11) is -3.75. The van der Waals surface area contributed by atoms with Crippen molar-refractivity contribution in [3.8, 4) is 0 Å². The molecule has 0 fully saturated rings. The molecule has 1 heterocycles. The summed E-state index contributed by atoms with van der Waals surface area (Å²) in [6.07, 6.45) is 0. The standard InChI is InChI=1S/C14H16FNO3S2/c1-9-3-4-20-13(9)7-16-21(18,19)12-5-10(2)14(15)11(6-12)8-17/h3-6,16-17H,7-8H2,1-2H3. The largest absolute Gasteiger partial charge is 0.392 e. The fourth-order valence-electron chi connectivity index (χ4n) is 1.91. The van der Waals surface area contributed by atoms with Crippen LogP contribution in [-0.4, -0.2) is 13.5 Å². The van der Waals surface area contributed by atoms with Gasteiger partial charge < -0.3 is 5.11 Å². The van der Waals surface area contributed by atoms with Crippen LogP contribution in [-0.2, 0) is 23.2 Å². The Morgan fingerprint density at radius 2 is 2.00 bits per heavy atom. The molecule has 2 rings (SSSR count). The van der Waals surface area contributed by atoms with E-state index in [0.717, 1.165) is 16.5 Å². The van der Waals surface area contributed by atoms with E-state index in [0.29, 0.717) is 0 Å². The van der Waals surface area contributed by atoms with E-state index in [1.807, 2.05) is 18.4 Å². The molecular formula is C14H16FNO3S2. The highest BCUT2D eigenvalue weighted by atomic mass is 32.2. The molecule has 0 saturated heterocycles. The highest BCUT2D eigenvalue weighted by molar-refractivity contribution is 7.89. The van der Waals surface area contributed by atoms with E-state index in [4.69, 9.17) is 5.11 Å². The van der Waals surface area contributed by atoms with Gasteiger partial charge in [-0.15, -0.1) is 11.3 Å². The van der Waals surface area contributed by atoms with Gasteiger partial charge in [0.05, 0.1) is 11.5 Å². The van der Waals surface area contributed by atoms with Crippen molar-refractivity contribution < 1.29 is 17.9 Å². The first kappa shape index (κ1) is 16.1. The molecule has 0 radical (unpaired) electrons. The smallest absolute Gasteiger partial charge is 0.240 e. The van der Waals surface area contributed by atoms with Crippen LogP contribution in [0.5, 0.6) is 0 Å². The van der Waals surface area contributed by atoms with Crippen LogP contribution in [0.4, 0.5) is 4.39 Å². The second-order valence-electron chi connectivity index (χ2n) is 4.72. The quantitative estimate of drug-likeness (QED) is 0.885. The summed E-state index contributed by atoms with van der Waals surface area (Å²) in [5.74, 6) is -0.578. The Bertz CT molecular complexity index is 754. The molecule has 0 atom stereocenters. The molecule has 0 amide bonds. The monoisotopic (exact) mass is 329 g/mol. The van der Waals surface area contributed by atoms with Crippen molar-refractivity contribution in [3.05, 3.63) is 51.0 Å². The maximum Gasteiger partial charge on any atom is 0.240 e. The Morgan fingerprint density at radius 3 is 2.57 bits per heavy atom. The molecule has 0 aliphatic carbocycles. The van der Waals surface area contributed by atoms with Crippen molar-refractivity contribution in [2.24, 2.45) is 0 Å². The van der Waals surface area contributed by atoms with E-state index >= 15 is 0 Å². The molecular weight excluding hydrogens is 313 g/mol. The maximum atomic E-state index is 13.7. The van der Waals surface area contributed by atoms with E-state index in [2.05, 4.69) is 4.72 Å². The number of halogens is 1. The molecule has 1 aromatic carbocycles. The zero-order valence-electron chi connectivity index (χ0n) is 11.7. The van der Waals surface area contributed by atoms with Gasteiger partial charge in [-0.3, -0.25) is 0 Å². The van der Waals surface area contributed by atoms with Gasteiger partial charge in [-0.25, -0.2) is 17.5 Å². The Morgan fingerprint density at radius 1 is 1.29 bits per heavy atom. The van der Waals surface area contributed by atoms with Crippen molar-refractivity contribution in [2.75, 3.05) is 0 Å². The maximum absolute atomic E-state index is 13.7. The molecule has 2 N–H and O–H groups in total. The predicted molar refractivity (Wildman–Crippen MR) is 80.1 cm³/mol. The molecule has 114 valence electrons. The minimum atomic E-state index is -3.75. The Hall–Kier alpha value is -1.28. The molecule has 0 aliphatic heterocycles. The number of hydrogen-bond acceptors (Lipinski definition) is 4. The third-order valence-corrected chi connectivity index (χ3v) is 5.58. The van der Waals surface area contributed by atoms with Crippen LogP contribution in [0, 0.1) is 19.7 Å². The van der Waals surface area contributed by atoms with Gasteiger partial charge >= 0.3 is 0 Å². The third kappa shape index (κ3) is 3.49. The second-order valence-corrected chi connectivity index (χ2v) is 7.49. The van der Waals surface area contributed by atoms with Crippen molar-refractivity contribution >= 4 is 21.4 Å². The Labute approximate surface area is 127 Å². The number of benzene rings is 1. The Kier molecular flexibility index (Phi) is 4.77. The summed E-state index contributed by atoms with van der Waals surface area (Å²) in [4.78, 5) is 0.888. The van der Waals surface area contributed by atoms with Crippen LogP contribution >= 0.6 is 11.3 Å². The molecule has 0 aliphatic rings. The number of rotatable bonds is 5. The highest BCUT2D eigenvalue weighted by Gasteiger charge is 2.18. The number of thiophene rings is 1. The molecule has 2 aromatic rings. The first-order valence-corrected chi connectivity index (χ1v) is 8.64. The highest BCUT2D eigenvalue weighted by Crippen LogP contribution is 2.21. The van der Waals surface area contributed by atoms with Gasteiger partial charge in [0.25, 0.3) is 0 Å². The number of sulfonamides is 1. The molecule has 0 bridgehead atoms. The molecule has 21 heavy (non-hydrogen) atoms. The van der Waals surface area contributed by atoms with Gasteiger partial charge in [0.15, 0.2) is 0 Å². The van der Waals surface area contributed by atoms with Gasteiger partial charge in [-0.1, -0.05) is 0 Å². The summed E-state index contributed by atoms with van der Waals surface area (Å²) < 4.78 is 40.7. The van der Waals surface area contributed by atoms with E-state index in [-0.39, 0.29) is 22.6 Å². The summed E-state index contributed by atoms with van der Waals surface area (Å²) in [6, 6.07) is 4.34. The number of aliphatic hydroxyl groups is 1. The fraction of sp³-hybridized carbons (Fsp3) is 0.286. The number of nitrogens with one attached hydrogen (secondary N) is 1. The zero-order chi connectivity index (χ0) is 15.6. The van der Waals surface area contributed by atoms with E-state index in [9.17, 15) is 12.8 Å². The minimum Gasteiger partial charge on any atom is -0.392 e. The lowest BCUT2D eigenvalue weighted by molar-refractivity contribution is 0.275. The van der Waals surface area contributed by atoms with Gasteiger partial charge in [0.1, 0.15) is 5.82 Å². The lowest BCUT2D eigenvalue weighted by Gasteiger charge is -2.10. The van der Waals surface area contributed by atoms with Crippen molar-refractivity contribution in [1.82, 2.24) is 4.72 Å². The first-order valence-electron chi connectivity index (χ1n) is 6.27. The average molecular weight is 329 g/mol.